The van der Waals surface area contributed by atoms with Gasteiger partial charge in [0.1, 0.15) is 16.1 Å². The van der Waals surface area contributed by atoms with Crippen LogP contribution in [0.5, 0.6) is 5.75 Å². The number of rotatable bonds is 2. The minimum absolute atomic E-state index is 0.0524. The van der Waals surface area contributed by atoms with Crippen LogP contribution in [0.15, 0.2) is 30.3 Å². The van der Waals surface area contributed by atoms with E-state index in [1.807, 2.05) is 0 Å². The van der Waals surface area contributed by atoms with Crippen LogP contribution in [-0.4, -0.2) is 16.0 Å². The summed E-state index contributed by atoms with van der Waals surface area (Å²) in [7, 11) is 0. The number of anilines is 1. The normalized spacial score (nSPS) is 10.3. The second-order valence-electron chi connectivity index (χ2n) is 3.62. The molecule has 2 rings (SSSR count). The molecule has 0 bridgehead atoms. The van der Waals surface area contributed by atoms with Crippen molar-refractivity contribution in [3.8, 4) is 5.75 Å². The van der Waals surface area contributed by atoms with Crippen molar-refractivity contribution < 1.29 is 9.90 Å². The van der Waals surface area contributed by atoms with Gasteiger partial charge in [-0.1, -0.05) is 34.8 Å². The summed E-state index contributed by atoms with van der Waals surface area (Å²) in [6.45, 7) is 0. The molecule has 0 spiro atoms. The summed E-state index contributed by atoms with van der Waals surface area (Å²) in [5, 5.41) is 12.8. The van der Waals surface area contributed by atoms with E-state index < -0.39 is 5.91 Å². The van der Waals surface area contributed by atoms with Crippen molar-refractivity contribution in [3.63, 3.8) is 0 Å². The van der Waals surface area contributed by atoms with Gasteiger partial charge in [0.05, 0.1) is 5.56 Å². The number of carbonyl (C=O) groups excluding carboxylic acids is 1. The largest absolute Gasteiger partial charge is 0.507 e. The minimum atomic E-state index is -0.529. The van der Waals surface area contributed by atoms with Gasteiger partial charge in [0.15, 0.2) is 0 Å². The molecular weight excluding hydrogens is 311 g/mol. The maximum Gasteiger partial charge on any atom is 0.259 e. The fourth-order valence-corrected chi connectivity index (χ4v) is 2.06. The molecule has 0 aliphatic rings. The number of phenolic OH excluding ortho intramolecular Hbond substituents is 1. The molecule has 2 aromatic rings. The van der Waals surface area contributed by atoms with Gasteiger partial charge in [0.25, 0.3) is 5.91 Å². The van der Waals surface area contributed by atoms with Gasteiger partial charge in [-0.15, -0.1) is 0 Å². The Morgan fingerprint density at radius 2 is 1.74 bits per heavy atom. The molecule has 98 valence electrons. The number of pyridine rings is 1. The van der Waals surface area contributed by atoms with Gasteiger partial charge in [-0.05, 0) is 30.3 Å². The Balaban J connectivity index is 2.28. The molecule has 0 radical (unpaired) electrons. The molecule has 1 aromatic heterocycles. The van der Waals surface area contributed by atoms with Crippen molar-refractivity contribution in [3.05, 3.63) is 51.2 Å². The molecule has 7 heteroatoms. The SMILES string of the molecule is O=C(Nc1cc(Cl)nc(Cl)c1)c1cc(Cl)ccc1O. The van der Waals surface area contributed by atoms with E-state index >= 15 is 0 Å². The minimum Gasteiger partial charge on any atom is -0.507 e. The molecule has 19 heavy (non-hydrogen) atoms. The number of aromatic hydroxyl groups is 1. The fourth-order valence-electron chi connectivity index (χ4n) is 1.43. The number of nitrogens with zero attached hydrogens (tertiary/aromatic N) is 1. The lowest BCUT2D eigenvalue weighted by molar-refractivity contribution is 0.102. The molecule has 0 aliphatic heterocycles. The van der Waals surface area contributed by atoms with Crippen LogP contribution >= 0.6 is 34.8 Å². The smallest absolute Gasteiger partial charge is 0.259 e. The zero-order valence-corrected chi connectivity index (χ0v) is 11.6. The molecule has 0 aliphatic carbocycles. The first-order chi connectivity index (χ1) is 8.95. The number of hydrogen-bond acceptors (Lipinski definition) is 3. The first kappa shape index (κ1) is 13.9. The van der Waals surface area contributed by atoms with E-state index in [2.05, 4.69) is 10.3 Å². The zero-order valence-electron chi connectivity index (χ0n) is 9.32. The van der Waals surface area contributed by atoms with Gasteiger partial charge in [0.2, 0.25) is 0 Å². The standard InChI is InChI=1S/C12H7Cl3N2O2/c13-6-1-2-9(18)8(3-6)12(19)16-7-4-10(14)17-11(15)5-7/h1-5,18H,(H,16,17,19). The van der Waals surface area contributed by atoms with Gasteiger partial charge >= 0.3 is 0 Å². The molecule has 1 amide bonds. The molecule has 0 atom stereocenters. The predicted octanol–water partition coefficient (Wildman–Crippen LogP) is 4.00. The lowest BCUT2D eigenvalue weighted by Crippen LogP contribution is -2.12. The number of halogens is 3. The summed E-state index contributed by atoms with van der Waals surface area (Å²) in [4.78, 5) is 15.7. The molecule has 0 saturated carbocycles. The number of phenols is 1. The number of carbonyl (C=O) groups is 1. The Morgan fingerprint density at radius 1 is 1.11 bits per heavy atom. The van der Waals surface area contributed by atoms with E-state index in [9.17, 15) is 9.90 Å². The third-order valence-electron chi connectivity index (χ3n) is 2.22. The van der Waals surface area contributed by atoms with Crippen molar-refractivity contribution in [1.29, 1.82) is 0 Å². The third-order valence-corrected chi connectivity index (χ3v) is 2.85. The van der Waals surface area contributed by atoms with Crippen molar-refractivity contribution in [2.45, 2.75) is 0 Å². The van der Waals surface area contributed by atoms with Gasteiger partial charge in [-0.25, -0.2) is 4.98 Å². The number of hydrogen-bond donors (Lipinski definition) is 2. The molecule has 2 N–H and O–H groups in total. The molecule has 1 heterocycles. The molecule has 0 fully saturated rings. The highest BCUT2D eigenvalue weighted by Crippen LogP contribution is 2.24. The Kier molecular flexibility index (Phi) is 4.14. The van der Waals surface area contributed by atoms with E-state index in [0.29, 0.717) is 10.7 Å². The van der Waals surface area contributed by atoms with Crippen LogP contribution in [0.25, 0.3) is 0 Å². The molecule has 1 aromatic carbocycles. The zero-order chi connectivity index (χ0) is 14.0. The summed E-state index contributed by atoms with van der Waals surface area (Å²) in [5.41, 5.74) is 0.422. The van der Waals surface area contributed by atoms with E-state index in [4.69, 9.17) is 34.8 Å². The van der Waals surface area contributed by atoms with Crippen LogP contribution < -0.4 is 5.32 Å². The van der Waals surface area contributed by atoms with Crippen LogP contribution in [0.2, 0.25) is 15.3 Å². The van der Waals surface area contributed by atoms with E-state index in [-0.39, 0.29) is 21.6 Å². The summed E-state index contributed by atoms with van der Waals surface area (Å²) in [6, 6.07) is 7.05. The van der Waals surface area contributed by atoms with Crippen molar-refractivity contribution in [1.82, 2.24) is 4.98 Å². The fraction of sp³-hybridized carbons (Fsp3) is 0. The summed E-state index contributed by atoms with van der Waals surface area (Å²) < 4.78 is 0. The Bertz CT molecular complexity index is 627. The summed E-state index contributed by atoms with van der Waals surface area (Å²) in [6.07, 6.45) is 0. The van der Waals surface area contributed by atoms with Crippen LogP contribution in [0.1, 0.15) is 10.4 Å². The van der Waals surface area contributed by atoms with E-state index in [0.717, 1.165) is 0 Å². The predicted molar refractivity (Wildman–Crippen MR) is 75.3 cm³/mol. The van der Waals surface area contributed by atoms with E-state index in [1.54, 1.807) is 0 Å². The number of nitrogens with one attached hydrogen (secondary N) is 1. The van der Waals surface area contributed by atoms with Crippen LogP contribution in [0.4, 0.5) is 5.69 Å². The Labute approximate surface area is 123 Å². The molecular formula is C12H7Cl3N2O2. The van der Waals surface area contributed by atoms with Gasteiger partial charge < -0.3 is 10.4 Å². The van der Waals surface area contributed by atoms with E-state index in [1.165, 1.54) is 30.3 Å². The Morgan fingerprint density at radius 3 is 2.37 bits per heavy atom. The second-order valence-corrected chi connectivity index (χ2v) is 4.83. The average Bonchev–Trinajstić information content (AvgIpc) is 2.30. The van der Waals surface area contributed by atoms with Crippen molar-refractivity contribution in [2.75, 3.05) is 5.32 Å². The second kappa shape index (κ2) is 5.65. The highest BCUT2D eigenvalue weighted by molar-refractivity contribution is 6.33. The lowest BCUT2D eigenvalue weighted by atomic mass is 10.2. The van der Waals surface area contributed by atoms with Crippen LogP contribution in [0, 0.1) is 0 Å². The van der Waals surface area contributed by atoms with Crippen LogP contribution in [-0.2, 0) is 0 Å². The molecule has 0 unspecified atom stereocenters. The van der Waals surface area contributed by atoms with Crippen molar-refractivity contribution in [2.24, 2.45) is 0 Å². The van der Waals surface area contributed by atoms with Gasteiger partial charge in [0, 0.05) is 10.7 Å². The number of benzene rings is 1. The number of aromatic nitrogens is 1. The molecule has 0 saturated heterocycles. The quantitative estimate of drug-likeness (QED) is 0.823. The highest BCUT2D eigenvalue weighted by Gasteiger charge is 2.12. The third kappa shape index (κ3) is 3.50. The first-order valence-corrected chi connectivity index (χ1v) is 6.22. The van der Waals surface area contributed by atoms with Crippen molar-refractivity contribution >= 4 is 46.4 Å². The topological polar surface area (TPSA) is 62.2 Å². The first-order valence-electron chi connectivity index (χ1n) is 5.08. The molecule has 4 nitrogen and oxygen atoms in total. The lowest BCUT2D eigenvalue weighted by Gasteiger charge is -2.07. The highest BCUT2D eigenvalue weighted by atomic mass is 35.5. The summed E-state index contributed by atoms with van der Waals surface area (Å²) >= 11 is 17.2. The summed E-state index contributed by atoms with van der Waals surface area (Å²) in [5.74, 6) is -0.702. The maximum absolute atomic E-state index is 12.0. The average molecular weight is 318 g/mol. The maximum atomic E-state index is 12.0. The number of amides is 1. The van der Waals surface area contributed by atoms with Gasteiger partial charge in [-0.3, -0.25) is 4.79 Å². The van der Waals surface area contributed by atoms with Crippen LogP contribution in [0.3, 0.4) is 0 Å². The monoisotopic (exact) mass is 316 g/mol. The van der Waals surface area contributed by atoms with Gasteiger partial charge in [-0.2, -0.15) is 0 Å². The Hall–Kier alpha value is -1.49.